The Bertz CT molecular complexity index is 809. The van der Waals surface area contributed by atoms with Crippen LogP contribution in [0.15, 0.2) is 28.7 Å². The lowest BCUT2D eigenvalue weighted by Gasteiger charge is -2.34. The summed E-state index contributed by atoms with van der Waals surface area (Å²) < 4.78 is 21.2. The second kappa shape index (κ2) is 9.12. The van der Waals surface area contributed by atoms with E-state index in [-0.39, 0.29) is 5.97 Å². The van der Waals surface area contributed by atoms with E-state index in [0.717, 1.165) is 50.0 Å². The molecule has 1 fully saturated rings. The summed E-state index contributed by atoms with van der Waals surface area (Å²) in [6, 6.07) is 7.85. The summed E-state index contributed by atoms with van der Waals surface area (Å²) in [5, 5.41) is 0. The number of piperazine rings is 1. The molecule has 0 saturated carbocycles. The number of benzene rings is 1. The number of furan rings is 1. The van der Waals surface area contributed by atoms with E-state index in [1.54, 1.807) is 27.2 Å². The second-order valence-electron chi connectivity index (χ2n) is 6.92. The monoisotopic (exact) mass is 388 g/mol. The van der Waals surface area contributed by atoms with Gasteiger partial charge in [0.2, 0.25) is 0 Å². The molecule has 7 heteroatoms. The third-order valence-corrected chi connectivity index (χ3v) is 5.07. The van der Waals surface area contributed by atoms with Crippen molar-refractivity contribution in [2.24, 2.45) is 0 Å². The number of methoxy groups -OCH3 is 3. The molecule has 0 bridgehead atoms. The maximum atomic E-state index is 11.7. The predicted octanol–water partition coefficient (Wildman–Crippen LogP) is 2.71. The number of ether oxygens (including phenoxy) is 3. The molecule has 2 heterocycles. The van der Waals surface area contributed by atoms with Crippen molar-refractivity contribution in [3.63, 3.8) is 0 Å². The summed E-state index contributed by atoms with van der Waals surface area (Å²) in [6.45, 7) is 7.19. The van der Waals surface area contributed by atoms with Crippen molar-refractivity contribution in [2.45, 2.75) is 20.0 Å². The van der Waals surface area contributed by atoms with E-state index < -0.39 is 0 Å². The molecule has 0 N–H and O–H groups in total. The van der Waals surface area contributed by atoms with Crippen LogP contribution in [0.3, 0.4) is 0 Å². The third-order valence-electron chi connectivity index (χ3n) is 5.07. The summed E-state index contributed by atoms with van der Waals surface area (Å²) >= 11 is 0. The SMILES string of the molecule is COC(=O)c1cc(CN2CCN(Cc3ccc(OC)c(OC)c3)CC2)oc1C. The van der Waals surface area contributed by atoms with E-state index in [1.807, 2.05) is 12.1 Å². The predicted molar refractivity (Wildman–Crippen MR) is 105 cm³/mol. The molecular weight excluding hydrogens is 360 g/mol. The zero-order valence-electron chi connectivity index (χ0n) is 17.0. The van der Waals surface area contributed by atoms with E-state index in [9.17, 15) is 4.79 Å². The van der Waals surface area contributed by atoms with Crippen molar-refractivity contribution >= 4 is 5.97 Å². The Hall–Kier alpha value is -2.51. The van der Waals surface area contributed by atoms with Gasteiger partial charge in [-0.25, -0.2) is 4.79 Å². The van der Waals surface area contributed by atoms with Crippen LogP contribution in [0.2, 0.25) is 0 Å². The van der Waals surface area contributed by atoms with Crippen molar-refractivity contribution < 1.29 is 23.4 Å². The lowest BCUT2D eigenvalue weighted by atomic mass is 10.1. The van der Waals surface area contributed by atoms with Gasteiger partial charge in [0.05, 0.1) is 27.9 Å². The Morgan fingerprint density at radius 1 is 0.964 bits per heavy atom. The Labute approximate surface area is 165 Å². The van der Waals surface area contributed by atoms with E-state index >= 15 is 0 Å². The molecule has 0 spiro atoms. The normalized spacial score (nSPS) is 15.4. The van der Waals surface area contributed by atoms with E-state index in [0.29, 0.717) is 17.9 Å². The minimum atomic E-state index is -0.354. The number of aryl methyl sites for hydroxylation is 1. The lowest BCUT2D eigenvalue weighted by molar-refractivity contribution is 0.0599. The largest absolute Gasteiger partial charge is 0.493 e. The molecule has 1 saturated heterocycles. The molecule has 0 amide bonds. The van der Waals surface area contributed by atoms with Gasteiger partial charge in [-0.05, 0) is 30.7 Å². The van der Waals surface area contributed by atoms with Gasteiger partial charge in [0.25, 0.3) is 0 Å². The average Bonchev–Trinajstić information content (AvgIpc) is 3.08. The summed E-state index contributed by atoms with van der Waals surface area (Å²) in [4.78, 5) is 16.5. The molecule has 28 heavy (non-hydrogen) atoms. The minimum Gasteiger partial charge on any atom is -0.493 e. The van der Waals surface area contributed by atoms with Gasteiger partial charge < -0.3 is 18.6 Å². The molecule has 0 aliphatic carbocycles. The highest BCUT2D eigenvalue weighted by Crippen LogP contribution is 2.28. The number of hydrogen-bond acceptors (Lipinski definition) is 7. The minimum absolute atomic E-state index is 0.354. The van der Waals surface area contributed by atoms with Crippen LogP contribution in [-0.2, 0) is 17.8 Å². The van der Waals surface area contributed by atoms with E-state index in [2.05, 4.69) is 15.9 Å². The maximum Gasteiger partial charge on any atom is 0.341 e. The van der Waals surface area contributed by atoms with Crippen LogP contribution in [0.5, 0.6) is 11.5 Å². The van der Waals surface area contributed by atoms with Crippen LogP contribution < -0.4 is 9.47 Å². The molecule has 0 radical (unpaired) electrons. The van der Waals surface area contributed by atoms with Gasteiger partial charge in [0.1, 0.15) is 17.1 Å². The number of hydrogen-bond donors (Lipinski definition) is 0. The molecule has 3 rings (SSSR count). The fraction of sp³-hybridized carbons (Fsp3) is 0.476. The van der Waals surface area contributed by atoms with Crippen LogP contribution in [0, 0.1) is 6.92 Å². The number of esters is 1. The van der Waals surface area contributed by atoms with Gasteiger partial charge in [-0.15, -0.1) is 0 Å². The molecule has 2 aromatic rings. The highest BCUT2D eigenvalue weighted by Gasteiger charge is 2.21. The smallest absolute Gasteiger partial charge is 0.341 e. The molecule has 7 nitrogen and oxygen atoms in total. The Morgan fingerprint density at radius 2 is 1.61 bits per heavy atom. The van der Waals surface area contributed by atoms with Gasteiger partial charge in [-0.2, -0.15) is 0 Å². The molecule has 0 atom stereocenters. The zero-order valence-corrected chi connectivity index (χ0v) is 17.0. The molecule has 1 aliphatic heterocycles. The fourth-order valence-electron chi connectivity index (χ4n) is 3.50. The Kier molecular flexibility index (Phi) is 6.59. The fourth-order valence-corrected chi connectivity index (χ4v) is 3.50. The molecular formula is C21H28N2O5. The second-order valence-corrected chi connectivity index (χ2v) is 6.92. The summed E-state index contributed by atoms with van der Waals surface area (Å²) in [7, 11) is 4.68. The molecule has 1 aliphatic rings. The highest BCUT2D eigenvalue weighted by molar-refractivity contribution is 5.90. The van der Waals surface area contributed by atoms with E-state index in [1.165, 1.54) is 12.7 Å². The van der Waals surface area contributed by atoms with Crippen molar-refractivity contribution in [1.82, 2.24) is 9.80 Å². The van der Waals surface area contributed by atoms with Crippen LogP contribution in [0.1, 0.15) is 27.4 Å². The topological polar surface area (TPSA) is 64.4 Å². The zero-order chi connectivity index (χ0) is 20.1. The van der Waals surface area contributed by atoms with Gasteiger partial charge in [-0.1, -0.05) is 6.07 Å². The van der Waals surface area contributed by atoms with Crippen molar-refractivity contribution in [3.05, 3.63) is 46.9 Å². The van der Waals surface area contributed by atoms with Gasteiger partial charge in [0.15, 0.2) is 11.5 Å². The first-order chi connectivity index (χ1) is 13.5. The first-order valence-electron chi connectivity index (χ1n) is 9.37. The highest BCUT2D eigenvalue weighted by atomic mass is 16.5. The van der Waals surface area contributed by atoms with Crippen molar-refractivity contribution in [1.29, 1.82) is 0 Å². The molecule has 1 aromatic carbocycles. The van der Waals surface area contributed by atoms with Crippen LogP contribution in [0.25, 0.3) is 0 Å². The van der Waals surface area contributed by atoms with Gasteiger partial charge in [-0.3, -0.25) is 9.80 Å². The summed E-state index contributed by atoms with van der Waals surface area (Å²) in [6.07, 6.45) is 0. The Balaban J connectivity index is 1.53. The van der Waals surface area contributed by atoms with Crippen LogP contribution >= 0.6 is 0 Å². The maximum absolute atomic E-state index is 11.7. The first kappa shape index (κ1) is 20.2. The lowest BCUT2D eigenvalue weighted by Crippen LogP contribution is -2.45. The number of rotatable bonds is 7. The van der Waals surface area contributed by atoms with Crippen molar-refractivity contribution in [3.8, 4) is 11.5 Å². The molecule has 1 aromatic heterocycles. The van der Waals surface area contributed by atoms with E-state index in [4.69, 9.17) is 18.6 Å². The molecule has 0 unspecified atom stereocenters. The Morgan fingerprint density at radius 3 is 2.21 bits per heavy atom. The summed E-state index contributed by atoms with van der Waals surface area (Å²) in [5.74, 6) is 2.55. The van der Waals surface area contributed by atoms with Crippen molar-refractivity contribution in [2.75, 3.05) is 47.5 Å². The average molecular weight is 388 g/mol. The van der Waals surface area contributed by atoms with Crippen LogP contribution in [0.4, 0.5) is 0 Å². The van der Waals surface area contributed by atoms with Gasteiger partial charge in [0, 0.05) is 32.7 Å². The number of carbonyl (C=O) groups excluding carboxylic acids is 1. The number of carbonyl (C=O) groups is 1. The van der Waals surface area contributed by atoms with Gasteiger partial charge >= 0.3 is 5.97 Å². The number of nitrogens with zero attached hydrogens (tertiary/aromatic N) is 2. The van der Waals surface area contributed by atoms with Crippen LogP contribution in [-0.4, -0.2) is 63.3 Å². The standard InChI is InChI=1S/C21H28N2O5/c1-15-18(21(24)27-4)12-17(28-15)14-23-9-7-22(8-10-23)13-16-5-6-19(25-2)20(11-16)26-3/h5-6,11-12H,7-10,13-14H2,1-4H3. The summed E-state index contributed by atoms with van der Waals surface area (Å²) in [5.41, 5.74) is 1.71. The quantitative estimate of drug-likeness (QED) is 0.676. The first-order valence-corrected chi connectivity index (χ1v) is 9.37. The molecule has 152 valence electrons. The third kappa shape index (κ3) is 4.66.